The largest absolute Gasteiger partial charge is 0.311 e. The van der Waals surface area contributed by atoms with Gasteiger partial charge in [-0.3, -0.25) is 0 Å². The molecular weight excluding hydrogens is 190 g/mol. The van der Waals surface area contributed by atoms with E-state index >= 15 is 0 Å². The summed E-state index contributed by atoms with van der Waals surface area (Å²) in [5.41, 5.74) is 0. The molecule has 0 aromatic carbocycles. The van der Waals surface area contributed by atoms with Crippen LogP contribution in [0.25, 0.3) is 0 Å². The lowest BCUT2D eigenvalue weighted by Crippen LogP contribution is -2.38. The van der Waals surface area contributed by atoms with Gasteiger partial charge in [-0.1, -0.05) is 26.2 Å². The van der Waals surface area contributed by atoms with Gasteiger partial charge in [0.2, 0.25) is 0 Å². The minimum Gasteiger partial charge on any atom is -0.311 e. The maximum atomic E-state index is 3.69. The molecular formula is C12H25NS. The molecule has 0 aromatic rings. The van der Waals surface area contributed by atoms with Crippen LogP contribution in [0.2, 0.25) is 0 Å². The Bertz CT molecular complexity index is 145. The van der Waals surface area contributed by atoms with Gasteiger partial charge in [0, 0.05) is 17.8 Å². The van der Waals surface area contributed by atoms with Crippen LogP contribution in [0, 0.1) is 5.92 Å². The summed E-state index contributed by atoms with van der Waals surface area (Å²) in [7, 11) is 0. The monoisotopic (exact) mass is 215 g/mol. The summed E-state index contributed by atoms with van der Waals surface area (Å²) in [5.74, 6) is 3.53. The molecule has 0 aromatic heterocycles. The molecule has 0 radical (unpaired) electrons. The first-order valence-electron chi connectivity index (χ1n) is 6.06. The number of thioether (sulfide) groups is 1. The van der Waals surface area contributed by atoms with Crippen LogP contribution in [0.15, 0.2) is 0 Å². The Morgan fingerprint density at radius 2 is 2.00 bits per heavy atom. The molecule has 1 saturated carbocycles. The molecule has 14 heavy (non-hydrogen) atoms. The molecule has 0 bridgehead atoms. The van der Waals surface area contributed by atoms with Crippen molar-refractivity contribution in [3.63, 3.8) is 0 Å². The van der Waals surface area contributed by atoms with E-state index in [2.05, 4.69) is 26.1 Å². The summed E-state index contributed by atoms with van der Waals surface area (Å²) in [6.07, 6.45) is 5.81. The zero-order valence-corrected chi connectivity index (χ0v) is 10.7. The van der Waals surface area contributed by atoms with E-state index in [-0.39, 0.29) is 0 Å². The Hall–Kier alpha value is 0.310. The lowest BCUT2D eigenvalue weighted by Gasteiger charge is -2.30. The van der Waals surface area contributed by atoms with Crippen molar-refractivity contribution in [3.05, 3.63) is 0 Å². The molecule has 2 unspecified atom stereocenters. The second kappa shape index (κ2) is 6.73. The highest BCUT2D eigenvalue weighted by atomic mass is 32.2. The summed E-state index contributed by atoms with van der Waals surface area (Å²) in [6, 6.07) is 1.39. The molecule has 2 atom stereocenters. The zero-order valence-electron chi connectivity index (χ0n) is 9.88. The van der Waals surface area contributed by atoms with Gasteiger partial charge in [0.15, 0.2) is 0 Å². The molecule has 1 aliphatic carbocycles. The predicted molar refractivity (Wildman–Crippen MR) is 67.0 cm³/mol. The number of hydrogen-bond donors (Lipinski definition) is 1. The molecule has 84 valence electrons. The lowest BCUT2D eigenvalue weighted by molar-refractivity contribution is 0.261. The van der Waals surface area contributed by atoms with Gasteiger partial charge < -0.3 is 5.32 Å². The highest BCUT2D eigenvalue weighted by molar-refractivity contribution is 7.99. The van der Waals surface area contributed by atoms with Crippen LogP contribution in [0.5, 0.6) is 0 Å². The maximum absolute atomic E-state index is 3.69. The van der Waals surface area contributed by atoms with E-state index in [1.807, 2.05) is 11.8 Å². The van der Waals surface area contributed by atoms with E-state index in [9.17, 15) is 0 Å². The standard InChI is InChI=1S/C12H25NS/c1-4-14-9-11(3)13-10(2)8-12-6-5-7-12/h10-13H,4-9H2,1-3H3. The van der Waals surface area contributed by atoms with Crippen molar-refractivity contribution in [3.8, 4) is 0 Å². The minimum absolute atomic E-state index is 0.676. The molecule has 0 aliphatic heterocycles. The van der Waals surface area contributed by atoms with Gasteiger partial charge in [-0.25, -0.2) is 0 Å². The fraction of sp³-hybridized carbons (Fsp3) is 1.00. The average molecular weight is 215 g/mol. The lowest BCUT2D eigenvalue weighted by atomic mass is 9.81. The van der Waals surface area contributed by atoms with Gasteiger partial charge in [-0.2, -0.15) is 11.8 Å². The van der Waals surface area contributed by atoms with E-state index in [1.165, 1.54) is 37.2 Å². The third kappa shape index (κ3) is 4.70. The van der Waals surface area contributed by atoms with Gasteiger partial charge in [-0.05, 0) is 31.9 Å². The Balaban J connectivity index is 2.02. The van der Waals surface area contributed by atoms with Crippen LogP contribution in [0.1, 0.15) is 46.5 Å². The van der Waals surface area contributed by atoms with Crippen molar-refractivity contribution in [1.82, 2.24) is 5.32 Å². The number of rotatable bonds is 7. The van der Waals surface area contributed by atoms with Crippen molar-refractivity contribution in [2.75, 3.05) is 11.5 Å². The molecule has 1 nitrogen and oxygen atoms in total. The zero-order chi connectivity index (χ0) is 10.4. The van der Waals surface area contributed by atoms with E-state index in [1.54, 1.807) is 0 Å². The topological polar surface area (TPSA) is 12.0 Å². The van der Waals surface area contributed by atoms with Gasteiger partial charge >= 0.3 is 0 Å². The fourth-order valence-electron chi connectivity index (χ4n) is 2.12. The molecule has 2 heteroatoms. The van der Waals surface area contributed by atoms with Crippen LogP contribution in [-0.4, -0.2) is 23.6 Å². The van der Waals surface area contributed by atoms with E-state index in [0.717, 1.165) is 5.92 Å². The predicted octanol–water partition coefficient (Wildman–Crippen LogP) is 3.30. The molecule has 1 rings (SSSR count). The summed E-state index contributed by atoms with van der Waals surface area (Å²) in [6.45, 7) is 6.88. The van der Waals surface area contributed by atoms with Crippen molar-refractivity contribution in [2.45, 2.75) is 58.5 Å². The third-order valence-electron chi connectivity index (χ3n) is 3.05. The van der Waals surface area contributed by atoms with E-state index in [4.69, 9.17) is 0 Å². The highest BCUT2D eigenvalue weighted by Gasteiger charge is 2.20. The smallest absolute Gasteiger partial charge is 0.0132 e. The Labute approximate surface area is 93.4 Å². The average Bonchev–Trinajstić information content (AvgIpc) is 2.08. The van der Waals surface area contributed by atoms with Crippen molar-refractivity contribution >= 4 is 11.8 Å². The van der Waals surface area contributed by atoms with Crippen LogP contribution < -0.4 is 5.32 Å². The van der Waals surface area contributed by atoms with Gasteiger partial charge in [0.05, 0.1) is 0 Å². The Morgan fingerprint density at radius 3 is 2.50 bits per heavy atom. The fourth-order valence-corrected chi connectivity index (χ4v) is 2.81. The minimum atomic E-state index is 0.676. The summed E-state index contributed by atoms with van der Waals surface area (Å²) in [5, 5.41) is 3.69. The number of hydrogen-bond acceptors (Lipinski definition) is 2. The maximum Gasteiger partial charge on any atom is 0.0132 e. The first kappa shape index (κ1) is 12.4. The summed E-state index contributed by atoms with van der Waals surface area (Å²) in [4.78, 5) is 0. The van der Waals surface area contributed by atoms with E-state index in [0.29, 0.717) is 12.1 Å². The molecule has 1 fully saturated rings. The van der Waals surface area contributed by atoms with Crippen LogP contribution in [0.3, 0.4) is 0 Å². The Kier molecular flexibility index (Phi) is 5.95. The summed E-state index contributed by atoms with van der Waals surface area (Å²) < 4.78 is 0. The SMILES string of the molecule is CCSCC(C)NC(C)CC1CCC1. The summed E-state index contributed by atoms with van der Waals surface area (Å²) >= 11 is 2.03. The first-order chi connectivity index (χ1) is 6.72. The molecule has 0 spiro atoms. The second-order valence-electron chi connectivity index (χ2n) is 4.66. The van der Waals surface area contributed by atoms with Gasteiger partial charge in [0.25, 0.3) is 0 Å². The van der Waals surface area contributed by atoms with E-state index < -0.39 is 0 Å². The van der Waals surface area contributed by atoms with Crippen LogP contribution in [0.4, 0.5) is 0 Å². The molecule has 0 heterocycles. The highest BCUT2D eigenvalue weighted by Crippen LogP contribution is 2.30. The third-order valence-corrected chi connectivity index (χ3v) is 4.20. The molecule has 0 amide bonds. The molecule has 1 N–H and O–H groups in total. The van der Waals surface area contributed by atoms with Crippen molar-refractivity contribution < 1.29 is 0 Å². The van der Waals surface area contributed by atoms with Crippen molar-refractivity contribution in [1.29, 1.82) is 0 Å². The van der Waals surface area contributed by atoms with Crippen molar-refractivity contribution in [2.24, 2.45) is 5.92 Å². The molecule has 1 aliphatic rings. The van der Waals surface area contributed by atoms with Crippen LogP contribution >= 0.6 is 11.8 Å². The number of nitrogens with one attached hydrogen (secondary N) is 1. The Morgan fingerprint density at radius 1 is 1.29 bits per heavy atom. The molecule has 0 saturated heterocycles. The first-order valence-corrected chi connectivity index (χ1v) is 7.21. The van der Waals surface area contributed by atoms with Gasteiger partial charge in [0.1, 0.15) is 0 Å². The van der Waals surface area contributed by atoms with Gasteiger partial charge in [-0.15, -0.1) is 0 Å². The van der Waals surface area contributed by atoms with Crippen LogP contribution in [-0.2, 0) is 0 Å². The quantitative estimate of drug-likeness (QED) is 0.699. The normalized spacial score (nSPS) is 21.6. The second-order valence-corrected chi connectivity index (χ2v) is 5.98.